The molecule has 0 radical (unpaired) electrons. The second-order valence-corrected chi connectivity index (χ2v) is 4.00. The third kappa shape index (κ3) is 2.12. The molecule has 1 heterocycles. The van der Waals surface area contributed by atoms with Crippen molar-refractivity contribution in [3.63, 3.8) is 0 Å². The van der Waals surface area contributed by atoms with Crippen LogP contribution in [0, 0.1) is 6.92 Å². The quantitative estimate of drug-likeness (QED) is 0.519. The van der Waals surface area contributed by atoms with E-state index in [1.807, 2.05) is 6.08 Å². The van der Waals surface area contributed by atoms with E-state index in [-0.39, 0.29) is 0 Å². The Morgan fingerprint density at radius 3 is 3.00 bits per heavy atom. The average Bonchev–Trinajstić information content (AvgIpc) is 2.61. The lowest BCUT2D eigenvalue weighted by atomic mass is 10.2. The molecule has 0 saturated carbocycles. The van der Waals surface area contributed by atoms with Crippen molar-refractivity contribution >= 4 is 10.9 Å². The van der Waals surface area contributed by atoms with Gasteiger partial charge in [0.1, 0.15) is 0 Å². The fourth-order valence-corrected chi connectivity index (χ4v) is 1.92. The number of hydrogen-bond donors (Lipinski definition) is 0. The van der Waals surface area contributed by atoms with Crippen LogP contribution >= 0.6 is 0 Å². The van der Waals surface area contributed by atoms with Gasteiger partial charge in [0.2, 0.25) is 0 Å². The van der Waals surface area contributed by atoms with Crippen molar-refractivity contribution in [3.8, 4) is 0 Å². The van der Waals surface area contributed by atoms with E-state index in [2.05, 4.69) is 48.5 Å². The monoisotopic (exact) mass is 199 g/mol. The fraction of sp³-hybridized carbons (Fsp3) is 0.286. The highest BCUT2D eigenvalue weighted by atomic mass is 14.9. The van der Waals surface area contributed by atoms with Gasteiger partial charge in [-0.15, -0.1) is 6.58 Å². The van der Waals surface area contributed by atoms with Gasteiger partial charge < -0.3 is 4.57 Å². The molecule has 0 aliphatic carbocycles. The van der Waals surface area contributed by atoms with E-state index in [0.717, 1.165) is 13.0 Å². The highest BCUT2D eigenvalue weighted by Gasteiger charge is 1.99. The Hall–Kier alpha value is -1.50. The number of aromatic nitrogens is 1. The fourth-order valence-electron chi connectivity index (χ4n) is 1.92. The van der Waals surface area contributed by atoms with E-state index in [9.17, 15) is 0 Å². The van der Waals surface area contributed by atoms with Gasteiger partial charge in [-0.25, -0.2) is 0 Å². The minimum absolute atomic E-state index is 1.08. The van der Waals surface area contributed by atoms with Crippen LogP contribution in [-0.2, 0) is 6.54 Å². The van der Waals surface area contributed by atoms with Crippen LogP contribution in [0.5, 0.6) is 0 Å². The molecule has 15 heavy (non-hydrogen) atoms. The van der Waals surface area contributed by atoms with Crippen molar-refractivity contribution in [2.24, 2.45) is 0 Å². The molecule has 1 heteroatoms. The third-order valence-electron chi connectivity index (χ3n) is 2.73. The molecule has 1 aromatic heterocycles. The summed E-state index contributed by atoms with van der Waals surface area (Å²) in [7, 11) is 0. The molecular weight excluding hydrogens is 182 g/mol. The van der Waals surface area contributed by atoms with E-state index in [4.69, 9.17) is 0 Å². The minimum atomic E-state index is 1.08. The van der Waals surface area contributed by atoms with Crippen LogP contribution in [0.3, 0.4) is 0 Å². The largest absolute Gasteiger partial charge is 0.347 e. The van der Waals surface area contributed by atoms with Crippen molar-refractivity contribution in [1.82, 2.24) is 4.57 Å². The molecule has 0 fully saturated rings. The Morgan fingerprint density at radius 2 is 2.20 bits per heavy atom. The second-order valence-electron chi connectivity index (χ2n) is 4.00. The van der Waals surface area contributed by atoms with Crippen molar-refractivity contribution in [2.45, 2.75) is 26.3 Å². The molecule has 78 valence electrons. The van der Waals surface area contributed by atoms with Gasteiger partial charge in [0.05, 0.1) is 0 Å². The van der Waals surface area contributed by atoms with Crippen LogP contribution < -0.4 is 0 Å². The molecule has 0 unspecified atom stereocenters. The van der Waals surface area contributed by atoms with Gasteiger partial charge in [-0.2, -0.15) is 0 Å². The normalized spacial score (nSPS) is 10.7. The second kappa shape index (κ2) is 4.35. The first-order chi connectivity index (χ1) is 7.31. The molecule has 2 aromatic rings. The molecule has 2 rings (SSSR count). The van der Waals surface area contributed by atoms with Crippen LogP contribution in [0.1, 0.15) is 18.4 Å². The summed E-state index contributed by atoms with van der Waals surface area (Å²) < 4.78 is 2.32. The average molecular weight is 199 g/mol. The number of benzene rings is 1. The molecule has 0 spiro atoms. The molecule has 0 N–H and O–H groups in total. The Labute approximate surface area is 91.0 Å². The van der Waals surface area contributed by atoms with Gasteiger partial charge >= 0.3 is 0 Å². The smallest absolute Gasteiger partial charge is 0.0480 e. The molecular formula is C14H17N. The maximum Gasteiger partial charge on any atom is 0.0480 e. The van der Waals surface area contributed by atoms with Gasteiger partial charge in [0.25, 0.3) is 0 Å². The number of fused-ring (bicyclic) bond motifs is 1. The minimum Gasteiger partial charge on any atom is -0.347 e. The topological polar surface area (TPSA) is 4.93 Å². The number of nitrogens with zero attached hydrogens (tertiary/aromatic N) is 1. The number of aryl methyl sites for hydroxylation is 2. The van der Waals surface area contributed by atoms with Gasteiger partial charge in [0.15, 0.2) is 0 Å². The highest BCUT2D eigenvalue weighted by molar-refractivity contribution is 5.80. The molecule has 0 amide bonds. The zero-order valence-electron chi connectivity index (χ0n) is 9.24. The SMILES string of the molecule is C=CCCCn1ccc2cc(C)ccc21. The molecule has 1 aromatic carbocycles. The third-order valence-corrected chi connectivity index (χ3v) is 2.73. The van der Waals surface area contributed by atoms with Crippen molar-refractivity contribution < 1.29 is 0 Å². The number of allylic oxidation sites excluding steroid dienone is 1. The van der Waals surface area contributed by atoms with E-state index in [0.29, 0.717) is 0 Å². The first-order valence-corrected chi connectivity index (χ1v) is 5.47. The molecule has 0 saturated heterocycles. The molecule has 0 bridgehead atoms. The first kappa shape index (κ1) is 10.0. The summed E-state index contributed by atoms with van der Waals surface area (Å²) >= 11 is 0. The lowest BCUT2D eigenvalue weighted by Gasteiger charge is -2.04. The van der Waals surface area contributed by atoms with Gasteiger partial charge in [-0.3, -0.25) is 0 Å². The van der Waals surface area contributed by atoms with Crippen LogP contribution in [0.15, 0.2) is 43.1 Å². The van der Waals surface area contributed by atoms with Crippen molar-refractivity contribution in [2.75, 3.05) is 0 Å². The maximum atomic E-state index is 3.74. The standard InChI is InChI=1S/C14H17N/c1-3-4-5-9-15-10-8-13-11-12(2)6-7-14(13)15/h3,6-8,10-11H,1,4-5,9H2,2H3. The Kier molecular flexibility index (Phi) is 2.91. The predicted molar refractivity (Wildman–Crippen MR) is 66.1 cm³/mol. The van der Waals surface area contributed by atoms with E-state index in [1.54, 1.807) is 0 Å². The Bertz CT molecular complexity index is 465. The molecule has 0 aliphatic heterocycles. The van der Waals surface area contributed by atoms with Crippen molar-refractivity contribution in [1.29, 1.82) is 0 Å². The predicted octanol–water partition coefficient (Wildman–Crippen LogP) is 3.92. The van der Waals surface area contributed by atoms with Crippen LogP contribution in [0.4, 0.5) is 0 Å². The van der Waals surface area contributed by atoms with E-state index < -0.39 is 0 Å². The van der Waals surface area contributed by atoms with Crippen LogP contribution in [0.2, 0.25) is 0 Å². The van der Waals surface area contributed by atoms with Crippen LogP contribution in [0.25, 0.3) is 10.9 Å². The summed E-state index contributed by atoms with van der Waals surface area (Å²) in [4.78, 5) is 0. The lowest BCUT2D eigenvalue weighted by Crippen LogP contribution is -1.94. The Balaban J connectivity index is 2.24. The van der Waals surface area contributed by atoms with Gasteiger partial charge in [-0.1, -0.05) is 17.7 Å². The number of unbranched alkanes of at least 4 members (excludes halogenated alkanes) is 1. The molecule has 0 atom stereocenters. The summed E-state index contributed by atoms with van der Waals surface area (Å²) in [5.41, 5.74) is 2.66. The summed E-state index contributed by atoms with van der Waals surface area (Å²) in [6.07, 6.45) is 6.41. The molecule has 1 nitrogen and oxygen atoms in total. The van der Waals surface area contributed by atoms with Crippen LogP contribution in [-0.4, -0.2) is 4.57 Å². The summed E-state index contributed by atoms with van der Waals surface area (Å²) in [5, 5.41) is 1.34. The number of rotatable bonds is 4. The summed E-state index contributed by atoms with van der Waals surface area (Å²) in [6, 6.07) is 8.81. The van der Waals surface area contributed by atoms with Crippen molar-refractivity contribution in [3.05, 3.63) is 48.7 Å². The van der Waals surface area contributed by atoms with Gasteiger partial charge in [0, 0.05) is 18.3 Å². The first-order valence-electron chi connectivity index (χ1n) is 5.47. The summed E-state index contributed by atoms with van der Waals surface area (Å²) in [6.45, 7) is 6.96. The lowest BCUT2D eigenvalue weighted by molar-refractivity contribution is 0.671. The van der Waals surface area contributed by atoms with E-state index >= 15 is 0 Å². The van der Waals surface area contributed by atoms with Gasteiger partial charge in [-0.05, 0) is 43.4 Å². The highest BCUT2D eigenvalue weighted by Crippen LogP contribution is 2.17. The summed E-state index contributed by atoms with van der Waals surface area (Å²) in [5.74, 6) is 0. The maximum absolute atomic E-state index is 3.74. The van der Waals surface area contributed by atoms with E-state index in [1.165, 1.54) is 22.9 Å². The zero-order valence-corrected chi connectivity index (χ0v) is 9.24. The Morgan fingerprint density at radius 1 is 1.33 bits per heavy atom. The number of hydrogen-bond acceptors (Lipinski definition) is 0. The zero-order chi connectivity index (χ0) is 10.7. The molecule has 0 aliphatic rings.